The van der Waals surface area contributed by atoms with Crippen LogP contribution in [0.1, 0.15) is 18.1 Å². The summed E-state index contributed by atoms with van der Waals surface area (Å²) in [4.78, 5) is 2.34. The highest BCUT2D eigenvalue weighted by atomic mass is 16.3. The van der Waals surface area contributed by atoms with Gasteiger partial charge in [0.2, 0.25) is 0 Å². The molecule has 1 N–H and O–H groups in total. The van der Waals surface area contributed by atoms with Crippen LogP contribution in [0.3, 0.4) is 0 Å². The van der Waals surface area contributed by atoms with Crippen LogP contribution in [0.15, 0.2) is 24.3 Å². The number of benzene rings is 1. The summed E-state index contributed by atoms with van der Waals surface area (Å²) in [5, 5.41) is 9.09. The van der Waals surface area contributed by atoms with Gasteiger partial charge in [-0.05, 0) is 24.5 Å². The quantitative estimate of drug-likeness (QED) is 0.764. The van der Waals surface area contributed by atoms with Crippen molar-refractivity contribution in [1.29, 1.82) is 0 Å². The minimum absolute atomic E-state index is 0.252. The molecule has 0 radical (unpaired) electrons. The Morgan fingerprint density at radius 3 is 2.79 bits per heavy atom. The van der Waals surface area contributed by atoms with Crippen molar-refractivity contribution in [2.45, 2.75) is 25.9 Å². The maximum atomic E-state index is 9.09. The number of aliphatic hydroxyl groups is 1. The lowest BCUT2D eigenvalue weighted by atomic mass is 9.99. The molecule has 0 aromatic heterocycles. The summed E-state index contributed by atoms with van der Waals surface area (Å²) < 4.78 is 0. The summed E-state index contributed by atoms with van der Waals surface area (Å²) in [6.07, 6.45) is 1.11. The van der Waals surface area contributed by atoms with E-state index in [1.54, 1.807) is 0 Å². The van der Waals surface area contributed by atoms with Crippen LogP contribution in [-0.4, -0.2) is 29.2 Å². The zero-order valence-electron chi connectivity index (χ0n) is 8.61. The molecule has 0 amide bonds. The van der Waals surface area contributed by atoms with Crippen molar-refractivity contribution < 1.29 is 5.11 Å². The normalized spacial score (nSPS) is 19.0. The van der Waals surface area contributed by atoms with Crippen molar-refractivity contribution in [2.24, 2.45) is 0 Å². The lowest BCUT2D eigenvalue weighted by Crippen LogP contribution is -2.39. The minimum Gasteiger partial charge on any atom is -0.395 e. The van der Waals surface area contributed by atoms with Gasteiger partial charge in [-0.15, -0.1) is 0 Å². The second kappa shape index (κ2) is 4.11. The summed E-state index contributed by atoms with van der Waals surface area (Å²) in [5.41, 5.74) is 2.88. The van der Waals surface area contributed by atoms with E-state index in [9.17, 15) is 0 Å². The highest BCUT2D eigenvalue weighted by molar-refractivity contribution is 5.29. The molecule has 0 saturated heterocycles. The van der Waals surface area contributed by atoms with Crippen molar-refractivity contribution in [1.82, 2.24) is 4.90 Å². The molecule has 1 aromatic carbocycles. The molecule has 76 valence electrons. The molecule has 1 aliphatic rings. The predicted molar refractivity (Wildman–Crippen MR) is 57.1 cm³/mol. The highest BCUT2D eigenvalue weighted by Gasteiger charge is 2.19. The maximum Gasteiger partial charge on any atom is 0.0584 e. The average Bonchev–Trinajstić information content (AvgIpc) is 2.27. The second-order valence-electron chi connectivity index (χ2n) is 4.02. The summed E-state index contributed by atoms with van der Waals surface area (Å²) >= 11 is 0. The molecular formula is C12H17NO. The lowest BCUT2D eigenvalue weighted by molar-refractivity contribution is 0.123. The van der Waals surface area contributed by atoms with E-state index in [2.05, 4.69) is 36.1 Å². The summed E-state index contributed by atoms with van der Waals surface area (Å²) in [5.74, 6) is 0. The third kappa shape index (κ3) is 1.81. The van der Waals surface area contributed by atoms with Crippen LogP contribution in [0.5, 0.6) is 0 Å². The van der Waals surface area contributed by atoms with Gasteiger partial charge < -0.3 is 5.11 Å². The van der Waals surface area contributed by atoms with E-state index in [4.69, 9.17) is 5.11 Å². The molecule has 1 aliphatic heterocycles. The minimum atomic E-state index is 0.252. The molecule has 1 atom stereocenters. The Hall–Kier alpha value is -0.860. The number of hydrogen-bond donors (Lipinski definition) is 1. The third-order valence-electron chi connectivity index (χ3n) is 3.05. The molecule has 0 spiro atoms. The highest BCUT2D eigenvalue weighted by Crippen LogP contribution is 2.19. The van der Waals surface area contributed by atoms with Crippen LogP contribution in [0.25, 0.3) is 0 Å². The topological polar surface area (TPSA) is 23.5 Å². The first-order valence-electron chi connectivity index (χ1n) is 5.23. The zero-order valence-corrected chi connectivity index (χ0v) is 8.61. The fourth-order valence-corrected chi connectivity index (χ4v) is 2.01. The fraction of sp³-hybridized carbons (Fsp3) is 0.500. The largest absolute Gasteiger partial charge is 0.395 e. The van der Waals surface area contributed by atoms with Crippen molar-refractivity contribution in [3.05, 3.63) is 35.4 Å². The summed E-state index contributed by atoms with van der Waals surface area (Å²) in [6, 6.07) is 8.86. The van der Waals surface area contributed by atoms with Gasteiger partial charge >= 0.3 is 0 Å². The van der Waals surface area contributed by atoms with E-state index in [-0.39, 0.29) is 12.6 Å². The molecule has 2 heteroatoms. The van der Waals surface area contributed by atoms with E-state index >= 15 is 0 Å². The molecule has 0 saturated carbocycles. The van der Waals surface area contributed by atoms with E-state index < -0.39 is 0 Å². The van der Waals surface area contributed by atoms with Gasteiger partial charge in [-0.2, -0.15) is 0 Å². The SMILES string of the molecule is CC(CO)N1CCc2ccccc2C1. The van der Waals surface area contributed by atoms with Crippen LogP contribution in [-0.2, 0) is 13.0 Å². The molecule has 2 nitrogen and oxygen atoms in total. The number of aliphatic hydroxyl groups excluding tert-OH is 1. The Bertz CT molecular complexity index is 311. The molecule has 0 aliphatic carbocycles. The summed E-state index contributed by atoms with van der Waals surface area (Å²) in [6.45, 7) is 4.38. The van der Waals surface area contributed by atoms with Gasteiger partial charge in [-0.3, -0.25) is 4.90 Å². The second-order valence-corrected chi connectivity index (χ2v) is 4.02. The number of rotatable bonds is 2. The van der Waals surface area contributed by atoms with Crippen LogP contribution in [0.2, 0.25) is 0 Å². The first kappa shape index (κ1) is 9.69. The number of nitrogens with zero attached hydrogens (tertiary/aromatic N) is 1. The fourth-order valence-electron chi connectivity index (χ4n) is 2.01. The lowest BCUT2D eigenvalue weighted by Gasteiger charge is -2.32. The van der Waals surface area contributed by atoms with E-state index in [0.29, 0.717) is 0 Å². The van der Waals surface area contributed by atoms with Crippen molar-refractivity contribution in [2.75, 3.05) is 13.2 Å². The van der Waals surface area contributed by atoms with Crippen molar-refractivity contribution >= 4 is 0 Å². The van der Waals surface area contributed by atoms with E-state index in [1.165, 1.54) is 11.1 Å². The number of fused-ring (bicyclic) bond motifs is 1. The van der Waals surface area contributed by atoms with Gasteiger partial charge in [0.25, 0.3) is 0 Å². The van der Waals surface area contributed by atoms with Crippen molar-refractivity contribution in [3.63, 3.8) is 0 Å². The van der Waals surface area contributed by atoms with Crippen LogP contribution in [0.4, 0.5) is 0 Å². The Morgan fingerprint density at radius 1 is 1.36 bits per heavy atom. The van der Waals surface area contributed by atoms with Crippen LogP contribution >= 0.6 is 0 Å². The molecule has 0 bridgehead atoms. The Labute approximate surface area is 85.2 Å². The Balaban J connectivity index is 2.13. The molecule has 2 rings (SSSR count). The first-order valence-corrected chi connectivity index (χ1v) is 5.23. The first-order chi connectivity index (χ1) is 6.81. The van der Waals surface area contributed by atoms with E-state index in [1.807, 2.05) is 0 Å². The van der Waals surface area contributed by atoms with E-state index in [0.717, 1.165) is 19.5 Å². The summed E-state index contributed by atoms with van der Waals surface area (Å²) in [7, 11) is 0. The van der Waals surface area contributed by atoms with Gasteiger partial charge in [0.15, 0.2) is 0 Å². The maximum absolute atomic E-state index is 9.09. The van der Waals surface area contributed by atoms with Crippen LogP contribution in [0, 0.1) is 0 Å². The zero-order chi connectivity index (χ0) is 9.97. The van der Waals surface area contributed by atoms with Crippen LogP contribution < -0.4 is 0 Å². The standard InChI is InChI=1S/C12H17NO/c1-10(9-14)13-7-6-11-4-2-3-5-12(11)8-13/h2-5,10,14H,6-9H2,1H3. The van der Waals surface area contributed by atoms with Gasteiger partial charge in [0.05, 0.1) is 6.61 Å². The van der Waals surface area contributed by atoms with Gasteiger partial charge in [0.1, 0.15) is 0 Å². The predicted octanol–water partition coefficient (Wildman–Crippen LogP) is 1.43. The smallest absolute Gasteiger partial charge is 0.0584 e. The molecule has 1 heterocycles. The third-order valence-corrected chi connectivity index (χ3v) is 3.05. The van der Waals surface area contributed by atoms with Gasteiger partial charge in [-0.25, -0.2) is 0 Å². The molecule has 14 heavy (non-hydrogen) atoms. The Morgan fingerprint density at radius 2 is 2.07 bits per heavy atom. The average molecular weight is 191 g/mol. The monoisotopic (exact) mass is 191 g/mol. The molecular weight excluding hydrogens is 174 g/mol. The van der Waals surface area contributed by atoms with Gasteiger partial charge in [-0.1, -0.05) is 24.3 Å². The molecule has 0 fully saturated rings. The Kier molecular flexibility index (Phi) is 2.85. The van der Waals surface area contributed by atoms with Gasteiger partial charge in [0, 0.05) is 19.1 Å². The number of hydrogen-bond acceptors (Lipinski definition) is 2. The molecule has 1 aromatic rings. The van der Waals surface area contributed by atoms with Crippen molar-refractivity contribution in [3.8, 4) is 0 Å². The molecule has 1 unspecified atom stereocenters.